The van der Waals surface area contributed by atoms with E-state index in [-0.39, 0.29) is 29.4 Å². The molecule has 4 nitrogen and oxygen atoms in total. The standard InChI is InChI=1S/C15H25NO3S/c1-11(2)13-6-5-7-14(10-13)20(18,19)16-15(8-9-17)12(3)4/h5-7,10-12,15-17H,8-9H2,1-4H3. The van der Waals surface area contributed by atoms with Crippen LogP contribution in [-0.4, -0.2) is 26.2 Å². The molecule has 0 bridgehead atoms. The van der Waals surface area contributed by atoms with Crippen LogP contribution in [-0.2, 0) is 10.0 Å². The monoisotopic (exact) mass is 299 g/mol. The highest BCUT2D eigenvalue weighted by molar-refractivity contribution is 7.89. The van der Waals surface area contributed by atoms with Crippen LogP contribution >= 0.6 is 0 Å². The van der Waals surface area contributed by atoms with Gasteiger partial charge < -0.3 is 5.11 Å². The van der Waals surface area contributed by atoms with Gasteiger partial charge in [-0.1, -0.05) is 39.8 Å². The smallest absolute Gasteiger partial charge is 0.240 e. The Morgan fingerprint density at radius 3 is 2.35 bits per heavy atom. The number of aliphatic hydroxyl groups is 1. The van der Waals surface area contributed by atoms with Crippen molar-refractivity contribution in [1.29, 1.82) is 0 Å². The van der Waals surface area contributed by atoms with Gasteiger partial charge in [0.2, 0.25) is 10.0 Å². The van der Waals surface area contributed by atoms with Crippen molar-refractivity contribution in [1.82, 2.24) is 4.72 Å². The fourth-order valence-electron chi connectivity index (χ4n) is 1.98. The van der Waals surface area contributed by atoms with Crippen LogP contribution in [0.1, 0.15) is 45.6 Å². The lowest BCUT2D eigenvalue weighted by atomic mass is 10.0. The molecule has 1 aromatic rings. The lowest BCUT2D eigenvalue weighted by molar-refractivity contribution is 0.256. The van der Waals surface area contributed by atoms with Gasteiger partial charge in [-0.2, -0.15) is 0 Å². The van der Waals surface area contributed by atoms with Crippen molar-refractivity contribution in [2.75, 3.05) is 6.61 Å². The Bertz CT molecular complexity index is 524. The maximum Gasteiger partial charge on any atom is 0.240 e. The molecular formula is C15H25NO3S. The Kier molecular flexibility index (Phi) is 6.17. The third kappa shape index (κ3) is 4.58. The summed E-state index contributed by atoms with van der Waals surface area (Å²) in [7, 11) is -3.54. The molecule has 0 saturated carbocycles. The largest absolute Gasteiger partial charge is 0.396 e. The van der Waals surface area contributed by atoms with Crippen molar-refractivity contribution in [3.05, 3.63) is 29.8 Å². The first kappa shape index (κ1) is 17.1. The topological polar surface area (TPSA) is 66.4 Å². The molecule has 2 N–H and O–H groups in total. The van der Waals surface area contributed by atoms with Gasteiger partial charge in [-0.15, -0.1) is 0 Å². The summed E-state index contributed by atoms with van der Waals surface area (Å²) in [6, 6.07) is 6.75. The van der Waals surface area contributed by atoms with Gasteiger partial charge >= 0.3 is 0 Å². The van der Waals surface area contributed by atoms with E-state index < -0.39 is 10.0 Å². The fraction of sp³-hybridized carbons (Fsp3) is 0.600. The van der Waals surface area contributed by atoms with Crippen LogP contribution < -0.4 is 4.72 Å². The number of aliphatic hydroxyl groups excluding tert-OH is 1. The highest BCUT2D eigenvalue weighted by Gasteiger charge is 2.22. The summed E-state index contributed by atoms with van der Waals surface area (Å²) in [5, 5.41) is 9.04. The third-order valence-electron chi connectivity index (χ3n) is 3.39. The van der Waals surface area contributed by atoms with Crippen LogP contribution in [0.4, 0.5) is 0 Å². The summed E-state index contributed by atoms with van der Waals surface area (Å²) < 4.78 is 27.5. The van der Waals surface area contributed by atoms with Gasteiger partial charge in [0.15, 0.2) is 0 Å². The minimum Gasteiger partial charge on any atom is -0.396 e. The summed E-state index contributed by atoms with van der Waals surface area (Å²) in [6.07, 6.45) is 0.417. The lowest BCUT2D eigenvalue weighted by Gasteiger charge is -2.21. The maximum atomic E-state index is 12.4. The third-order valence-corrected chi connectivity index (χ3v) is 4.87. The van der Waals surface area contributed by atoms with Crippen molar-refractivity contribution < 1.29 is 13.5 Å². The van der Waals surface area contributed by atoms with Gasteiger partial charge in [-0.05, 0) is 36.0 Å². The van der Waals surface area contributed by atoms with E-state index in [9.17, 15) is 8.42 Å². The molecule has 114 valence electrons. The summed E-state index contributed by atoms with van der Waals surface area (Å²) in [5.41, 5.74) is 0.996. The molecule has 0 aliphatic rings. The van der Waals surface area contributed by atoms with Crippen LogP contribution in [0.25, 0.3) is 0 Å². The number of hydrogen-bond donors (Lipinski definition) is 2. The molecule has 0 aromatic heterocycles. The van der Waals surface area contributed by atoms with Crippen LogP contribution in [0.3, 0.4) is 0 Å². The fourth-order valence-corrected chi connectivity index (χ4v) is 3.45. The Morgan fingerprint density at radius 1 is 1.20 bits per heavy atom. The second-order valence-electron chi connectivity index (χ2n) is 5.71. The summed E-state index contributed by atoms with van der Waals surface area (Å²) in [5.74, 6) is 0.411. The predicted molar refractivity (Wildman–Crippen MR) is 81.2 cm³/mol. The first-order chi connectivity index (χ1) is 9.27. The molecule has 0 spiro atoms. The van der Waals surface area contributed by atoms with Gasteiger partial charge in [-0.25, -0.2) is 13.1 Å². The van der Waals surface area contributed by atoms with Crippen LogP contribution in [0.15, 0.2) is 29.2 Å². The summed E-state index contributed by atoms with van der Waals surface area (Å²) in [4.78, 5) is 0.285. The molecular weight excluding hydrogens is 274 g/mol. The molecule has 0 saturated heterocycles. The van der Waals surface area contributed by atoms with Crippen molar-refractivity contribution in [3.63, 3.8) is 0 Å². The zero-order valence-electron chi connectivity index (χ0n) is 12.6. The van der Waals surface area contributed by atoms with Crippen LogP contribution in [0.5, 0.6) is 0 Å². The quantitative estimate of drug-likeness (QED) is 0.813. The molecule has 0 amide bonds. The van der Waals surface area contributed by atoms with E-state index in [2.05, 4.69) is 4.72 Å². The van der Waals surface area contributed by atoms with E-state index in [0.717, 1.165) is 5.56 Å². The molecule has 0 fully saturated rings. The molecule has 1 rings (SSSR count). The second-order valence-corrected chi connectivity index (χ2v) is 7.43. The Hall–Kier alpha value is -0.910. The zero-order chi connectivity index (χ0) is 15.3. The van der Waals surface area contributed by atoms with Crippen molar-refractivity contribution >= 4 is 10.0 Å². The SMILES string of the molecule is CC(C)c1cccc(S(=O)(=O)NC(CCO)C(C)C)c1. The molecule has 0 heterocycles. The van der Waals surface area contributed by atoms with E-state index >= 15 is 0 Å². The maximum absolute atomic E-state index is 12.4. The lowest BCUT2D eigenvalue weighted by Crippen LogP contribution is -2.39. The van der Waals surface area contributed by atoms with Gasteiger partial charge in [0.1, 0.15) is 0 Å². The molecule has 5 heteroatoms. The highest BCUT2D eigenvalue weighted by atomic mass is 32.2. The first-order valence-electron chi connectivity index (χ1n) is 7.01. The Labute approximate surface area is 122 Å². The molecule has 20 heavy (non-hydrogen) atoms. The van der Waals surface area contributed by atoms with Crippen molar-refractivity contribution in [2.45, 2.75) is 51.0 Å². The molecule has 0 radical (unpaired) electrons. The number of sulfonamides is 1. The van der Waals surface area contributed by atoms with E-state index in [1.165, 1.54) is 0 Å². The molecule has 0 aliphatic carbocycles. The van der Waals surface area contributed by atoms with Crippen molar-refractivity contribution in [3.8, 4) is 0 Å². The summed E-state index contributed by atoms with van der Waals surface area (Å²) in [6.45, 7) is 7.90. The minimum absolute atomic E-state index is 0.0304. The average Bonchev–Trinajstić information content (AvgIpc) is 2.38. The molecule has 1 atom stereocenters. The first-order valence-corrected chi connectivity index (χ1v) is 8.49. The van der Waals surface area contributed by atoms with Gasteiger partial charge in [-0.3, -0.25) is 0 Å². The van der Waals surface area contributed by atoms with Crippen LogP contribution in [0.2, 0.25) is 0 Å². The number of rotatable bonds is 7. The number of nitrogens with one attached hydrogen (secondary N) is 1. The van der Waals surface area contributed by atoms with E-state index in [0.29, 0.717) is 6.42 Å². The Balaban J connectivity index is 3.01. The summed E-state index contributed by atoms with van der Waals surface area (Å²) >= 11 is 0. The zero-order valence-corrected chi connectivity index (χ0v) is 13.4. The van der Waals surface area contributed by atoms with E-state index in [4.69, 9.17) is 5.11 Å². The van der Waals surface area contributed by atoms with Gasteiger partial charge in [0.25, 0.3) is 0 Å². The normalized spacial score (nSPS) is 13.9. The van der Waals surface area contributed by atoms with Gasteiger partial charge in [0, 0.05) is 12.6 Å². The predicted octanol–water partition coefficient (Wildman–Crippen LogP) is 2.50. The number of benzene rings is 1. The van der Waals surface area contributed by atoms with Crippen molar-refractivity contribution in [2.24, 2.45) is 5.92 Å². The Morgan fingerprint density at radius 2 is 1.85 bits per heavy atom. The average molecular weight is 299 g/mol. The van der Waals surface area contributed by atoms with E-state index in [1.54, 1.807) is 18.2 Å². The van der Waals surface area contributed by atoms with Gasteiger partial charge in [0.05, 0.1) is 4.90 Å². The molecule has 1 aromatic carbocycles. The molecule has 1 unspecified atom stereocenters. The molecule has 0 aliphatic heterocycles. The number of hydrogen-bond acceptors (Lipinski definition) is 3. The highest BCUT2D eigenvalue weighted by Crippen LogP contribution is 2.19. The van der Waals surface area contributed by atoms with E-state index in [1.807, 2.05) is 33.8 Å². The minimum atomic E-state index is -3.54. The second kappa shape index (κ2) is 7.20. The van der Waals surface area contributed by atoms with Crippen LogP contribution in [0, 0.1) is 5.92 Å².